The van der Waals surface area contributed by atoms with Gasteiger partial charge >= 0.3 is 5.97 Å². The second kappa shape index (κ2) is 14.7. The summed E-state index contributed by atoms with van der Waals surface area (Å²) in [5, 5.41) is 4.00. The molecule has 4 rings (SSSR count). The number of ether oxygens (including phenoxy) is 4. The SMILES string of the molecule is COc1cc(/C=N\NC(=O)[C@H](C)Oc2ccc(OCc3ccccc3)cc2)ccc1OC(=O)/C=C/c1ccccc1. The average molecular weight is 551 g/mol. The van der Waals surface area contributed by atoms with Crippen molar-refractivity contribution in [3.05, 3.63) is 126 Å². The Bertz CT molecular complexity index is 1490. The molecule has 0 aromatic heterocycles. The number of hydrogen-bond acceptors (Lipinski definition) is 7. The number of esters is 1. The average Bonchev–Trinajstić information content (AvgIpc) is 3.01. The predicted molar refractivity (Wildman–Crippen MR) is 157 cm³/mol. The summed E-state index contributed by atoms with van der Waals surface area (Å²) in [5.74, 6) is 0.863. The normalized spacial score (nSPS) is 11.7. The number of carbonyl (C=O) groups excluding carboxylic acids is 2. The minimum atomic E-state index is -0.788. The van der Waals surface area contributed by atoms with E-state index in [0.29, 0.717) is 29.4 Å². The van der Waals surface area contributed by atoms with E-state index >= 15 is 0 Å². The number of carbonyl (C=O) groups is 2. The monoisotopic (exact) mass is 550 g/mol. The van der Waals surface area contributed by atoms with Crippen LogP contribution in [0.4, 0.5) is 0 Å². The first-order valence-corrected chi connectivity index (χ1v) is 12.9. The summed E-state index contributed by atoms with van der Waals surface area (Å²) in [5.41, 5.74) is 5.04. The minimum Gasteiger partial charge on any atom is -0.493 e. The third-order valence-corrected chi connectivity index (χ3v) is 5.75. The number of nitrogens with zero attached hydrogens (tertiary/aromatic N) is 1. The lowest BCUT2D eigenvalue weighted by Gasteiger charge is -2.13. The van der Waals surface area contributed by atoms with Crippen LogP contribution in [0.25, 0.3) is 6.08 Å². The molecule has 4 aromatic carbocycles. The highest BCUT2D eigenvalue weighted by atomic mass is 16.6. The zero-order valence-corrected chi connectivity index (χ0v) is 22.7. The molecule has 0 heterocycles. The Balaban J connectivity index is 1.25. The Kier molecular flexibility index (Phi) is 10.3. The molecule has 4 aromatic rings. The van der Waals surface area contributed by atoms with Gasteiger partial charge in [-0.25, -0.2) is 10.2 Å². The molecule has 0 bridgehead atoms. The number of benzene rings is 4. The molecule has 208 valence electrons. The quantitative estimate of drug-likeness (QED) is 0.0786. The fourth-order valence-corrected chi connectivity index (χ4v) is 3.59. The summed E-state index contributed by atoms with van der Waals surface area (Å²) in [6.07, 6.45) is 3.67. The molecule has 1 atom stereocenters. The van der Waals surface area contributed by atoms with Gasteiger partial charge in [-0.2, -0.15) is 5.10 Å². The van der Waals surface area contributed by atoms with Crippen LogP contribution >= 0.6 is 0 Å². The number of nitrogens with one attached hydrogen (secondary N) is 1. The van der Waals surface area contributed by atoms with Crippen LogP contribution in [0, 0.1) is 0 Å². The first kappa shape index (κ1) is 28.6. The standard InChI is InChI=1S/C33H30N2O6/c1-24(40-29-17-15-28(16-18-29)39-23-26-11-7-4-8-12-26)33(37)35-34-22-27-13-19-30(31(21-27)38-2)41-32(36)20-14-25-9-5-3-6-10-25/h3-22,24H,23H2,1-2H3,(H,35,37)/b20-14+,34-22-/t24-/m0/s1. The van der Waals surface area contributed by atoms with Gasteiger partial charge in [0.25, 0.3) is 5.91 Å². The molecule has 0 fully saturated rings. The van der Waals surface area contributed by atoms with Crippen molar-refractivity contribution in [1.82, 2.24) is 5.43 Å². The molecule has 0 saturated carbocycles. The van der Waals surface area contributed by atoms with Crippen LogP contribution in [0.5, 0.6) is 23.0 Å². The second-order valence-corrected chi connectivity index (χ2v) is 8.82. The smallest absolute Gasteiger partial charge is 0.336 e. The lowest BCUT2D eigenvalue weighted by molar-refractivity contribution is -0.129. The van der Waals surface area contributed by atoms with Gasteiger partial charge in [-0.05, 0) is 72.2 Å². The molecule has 0 unspecified atom stereocenters. The van der Waals surface area contributed by atoms with E-state index in [1.165, 1.54) is 19.4 Å². The van der Waals surface area contributed by atoms with Crippen molar-refractivity contribution in [2.45, 2.75) is 19.6 Å². The summed E-state index contributed by atoms with van der Waals surface area (Å²) >= 11 is 0. The lowest BCUT2D eigenvalue weighted by Crippen LogP contribution is -2.33. The molecule has 8 heteroatoms. The van der Waals surface area contributed by atoms with Gasteiger partial charge in [0.05, 0.1) is 13.3 Å². The van der Waals surface area contributed by atoms with Crippen molar-refractivity contribution in [1.29, 1.82) is 0 Å². The first-order chi connectivity index (χ1) is 20.0. The van der Waals surface area contributed by atoms with Crippen LogP contribution in [-0.2, 0) is 16.2 Å². The van der Waals surface area contributed by atoms with E-state index in [9.17, 15) is 9.59 Å². The molecule has 8 nitrogen and oxygen atoms in total. The van der Waals surface area contributed by atoms with Crippen LogP contribution < -0.4 is 24.4 Å². The Morgan fingerprint density at radius 1 is 0.829 bits per heavy atom. The molecule has 1 amide bonds. The van der Waals surface area contributed by atoms with Crippen molar-refractivity contribution >= 4 is 24.2 Å². The number of hydrogen-bond donors (Lipinski definition) is 1. The van der Waals surface area contributed by atoms with E-state index in [-0.39, 0.29) is 5.75 Å². The predicted octanol–water partition coefficient (Wildman–Crippen LogP) is 5.81. The van der Waals surface area contributed by atoms with Gasteiger partial charge in [-0.15, -0.1) is 0 Å². The van der Waals surface area contributed by atoms with Gasteiger partial charge < -0.3 is 18.9 Å². The van der Waals surface area contributed by atoms with Crippen LogP contribution in [0.2, 0.25) is 0 Å². The van der Waals surface area contributed by atoms with Crippen LogP contribution in [0.3, 0.4) is 0 Å². The zero-order valence-electron chi connectivity index (χ0n) is 22.7. The Morgan fingerprint density at radius 2 is 1.51 bits per heavy atom. The Morgan fingerprint density at radius 3 is 2.22 bits per heavy atom. The number of hydrazone groups is 1. The van der Waals surface area contributed by atoms with E-state index in [1.54, 1.807) is 55.5 Å². The van der Waals surface area contributed by atoms with E-state index < -0.39 is 18.0 Å². The molecular formula is C33H30N2O6. The van der Waals surface area contributed by atoms with Crippen molar-refractivity contribution in [2.75, 3.05) is 7.11 Å². The van der Waals surface area contributed by atoms with Gasteiger partial charge in [-0.1, -0.05) is 60.7 Å². The van der Waals surface area contributed by atoms with Crippen molar-refractivity contribution in [3.8, 4) is 23.0 Å². The van der Waals surface area contributed by atoms with Crippen molar-refractivity contribution < 1.29 is 28.5 Å². The highest BCUT2D eigenvalue weighted by molar-refractivity contribution is 5.89. The maximum atomic E-state index is 12.5. The molecule has 0 aliphatic carbocycles. The molecule has 41 heavy (non-hydrogen) atoms. The summed E-state index contributed by atoms with van der Waals surface area (Å²) in [6, 6.07) is 31.3. The zero-order chi connectivity index (χ0) is 28.9. The van der Waals surface area contributed by atoms with E-state index in [2.05, 4.69) is 10.5 Å². The lowest BCUT2D eigenvalue weighted by atomic mass is 10.2. The van der Waals surface area contributed by atoms with E-state index in [1.807, 2.05) is 60.7 Å². The number of rotatable bonds is 12. The highest BCUT2D eigenvalue weighted by Gasteiger charge is 2.14. The van der Waals surface area contributed by atoms with Gasteiger partial charge in [-0.3, -0.25) is 4.79 Å². The maximum Gasteiger partial charge on any atom is 0.336 e. The summed E-state index contributed by atoms with van der Waals surface area (Å²) in [4.78, 5) is 24.7. The Labute approximate surface area is 238 Å². The summed E-state index contributed by atoms with van der Waals surface area (Å²) in [7, 11) is 1.47. The van der Waals surface area contributed by atoms with Crippen molar-refractivity contribution in [3.63, 3.8) is 0 Å². The van der Waals surface area contributed by atoms with Gasteiger partial charge in [0.2, 0.25) is 0 Å². The fraction of sp³-hybridized carbons (Fsp3) is 0.121. The van der Waals surface area contributed by atoms with Crippen LogP contribution in [-0.4, -0.2) is 31.3 Å². The summed E-state index contributed by atoms with van der Waals surface area (Å²) in [6.45, 7) is 2.09. The van der Waals surface area contributed by atoms with Gasteiger partial charge in [0.15, 0.2) is 17.6 Å². The van der Waals surface area contributed by atoms with E-state index in [0.717, 1.165) is 11.1 Å². The van der Waals surface area contributed by atoms with E-state index in [4.69, 9.17) is 18.9 Å². The topological polar surface area (TPSA) is 95.5 Å². The summed E-state index contributed by atoms with van der Waals surface area (Å²) < 4.78 is 22.2. The maximum absolute atomic E-state index is 12.5. The first-order valence-electron chi connectivity index (χ1n) is 12.9. The number of amides is 1. The van der Waals surface area contributed by atoms with Crippen LogP contribution in [0.1, 0.15) is 23.6 Å². The van der Waals surface area contributed by atoms with Crippen molar-refractivity contribution in [2.24, 2.45) is 5.10 Å². The largest absolute Gasteiger partial charge is 0.493 e. The van der Waals surface area contributed by atoms with Gasteiger partial charge in [0.1, 0.15) is 18.1 Å². The second-order valence-electron chi connectivity index (χ2n) is 8.82. The Hall–Kier alpha value is -5.37. The molecule has 1 N–H and O–H groups in total. The highest BCUT2D eigenvalue weighted by Crippen LogP contribution is 2.28. The molecular weight excluding hydrogens is 520 g/mol. The molecule has 0 radical (unpaired) electrons. The molecule has 0 spiro atoms. The van der Waals surface area contributed by atoms with Crippen LogP contribution in [0.15, 0.2) is 114 Å². The minimum absolute atomic E-state index is 0.259. The molecule has 0 aliphatic rings. The third-order valence-electron chi connectivity index (χ3n) is 5.75. The third kappa shape index (κ3) is 9.11. The molecule has 0 aliphatic heterocycles. The fourth-order valence-electron chi connectivity index (χ4n) is 3.59. The van der Waals surface area contributed by atoms with Gasteiger partial charge in [0, 0.05) is 6.08 Å². The number of methoxy groups -OCH3 is 1. The molecule has 0 saturated heterocycles.